The Morgan fingerprint density at radius 1 is 1.47 bits per heavy atom. The second-order valence-electron chi connectivity index (χ2n) is 4.16. The van der Waals surface area contributed by atoms with E-state index in [1.165, 1.54) is 4.90 Å². The summed E-state index contributed by atoms with van der Waals surface area (Å²) >= 11 is 9.32. The lowest BCUT2D eigenvalue weighted by molar-refractivity contribution is -0.138. The number of carboxylic acids is 1. The van der Waals surface area contributed by atoms with Gasteiger partial charge in [0.2, 0.25) is 0 Å². The number of amides is 1. The van der Waals surface area contributed by atoms with E-state index in [9.17, 15) is 9.59 Å². The molecule has 0 aliphatic carbocycles. The third-order valence-corrected chi connectivity index (χ3v) is 3.57. The van der Waals surface area contributed by atoms with Crippen LogP contribution in [-0.4, -0.2) is 34.5 Å². The Hall–Kier alpha value is -1.07. The van der Waals surface area contributed by atoms with Gasteiger partial charge in [0.25, 0.3) is 5.91 Å². The van der Waals surface area contributed by atoms with Crippen LogP contribution in [-0.2, 0) is 4.79 Å². The first kappa shape index (κ1) is 16.0. The maximum absolute atomic E-state index is 12.4. The number of aliphatic carboxylic acids is 1. The van der Waals surface area contributed by atoms with Gasteiger partial charge in [-0.1, -0.05) is 27.5 Å². The molecule has 0 aromatic heterocycles. The van der Waals surface area contributed by atoms with Crippen LogP contribution in [0.5, 0.6) is 0 Å². The van der Waals surface area contributed by atoms with Crippen molar-refractivity contribution >= 4 is 39.4 Å². The van der Waals surface area contributed by atoms with Gasteiger partial charge in [-0.05, 0) is 32.0 Å². The molecule has 1 atom stereocenters. The van der Waals surface area contributed by atoms with Crippen molar-refractivity contribution in [1.82, 2.24) is 4.90 Å². The fraction of sp³-hybridized carbons (Fsp3) is 0.385. The van der Waals surface area contributed by atoms with E-state index in [-0.39, 0.29) is 18.4 Å². The minimum atomic E-state index is -0.930. The van der Waals surface area contributed by atoms with Crippen LogP contribution in [0.25, 0.3) is 0 Å². The van der Waals surface area contributed by atoms with Crippen LogP contribution in [0.4, 0.5) is 0 Å². The summed E-state index contributed by atoms with van der Waals surface area (Å²) in [6.45, 7) is 3.95. The first-order valence-electron chi connectivity index (χ1n) is 5.84. The van der Waals surface area contributed by atoms with Gasteiger partial charge >= 0.3 is 5.97 Å². The monoisotopic (exact) mass is 347 g/mol. The van der Waals surface area contributed by atoms with Gasteiger partial charge in [0.05, 0.1) is 17.0 Å². The predicted molar refractivity (Wildman–Crippen MR) is 77.6 cm³/mol. The molecular weight excluding hydrogens is 334 g/mol. The molecule has 0 fully saturated rings. The molecule has 1 amide bonds. The van der Waals surface area contributed by atoms with E-state index in [2.05, 4.69) is 15.9 Å². The summed E-state index contributed by atoms with van der Waals surface area (Å²) in [5, 5.41) is 9.15. The van der Waals surface area contributed by atoms with Gasteiger partial charge in [-0.2, -0.15) is 0 Å². The molecule has 0 aliphatic rings. The molecule has 0 bridgehead atoms. The van der Waals surface area contributed by atoms with Crippen molar-refractivity contribution in [3.05, 3.63) is 33.3 Å². The van der Waals surface area contributed by atoms with Gasteiger partial charge < -0.3 is 10.0 Å². The molecule has 19 heavy (non-hydrogen) atoms. The smallest absolute Gasteiger partial charge is 0.305 e. The van der Waals surface area contributed by atoms with Crippen molar-refractivity contribution in [1.29, 1.82) is 0 Å². The van der Waals surface area contributed by atoms with Crippen LogP contribution < -0.4 is 0 Å². The number of carbonyl (C=O) groups excluding carboxylic acids is 1. The highest BCUT2D eigenvalue weighted by Crippen LogP contribution is 2.23. The quantitative estimate of drug-likeness (QED) is 0.887. The van der Waals surface area contributed by atoms with Crippen molar-refractivity contribution < 1.29 is 14.7 Å². The van der Waals surface area contributed by atoms with E-state index in [1.54, 1.807) is 25.1 Å². The number of halogens is 2. The molecule has 0 heterocycles. The minimum Gasteiger partial charge on any atom is -0.481 e. The van der Waals surface area contributed by atoms with Crippen molar-refractivity contribution in [3.63, 3.8) is 0 Å². The lowest BCUT2D eigenvalue weighted by atomic mass is 10.1. The second-order valence-corrected chi connectivity index (χ2v) is 5.49. The largest absolute Gasteiger partial charge is 0.481 e. The fourth-order valence-electron chi connectivity index (χ4n) is 1.84. The first-order chi connectivity index (χ1) is 8.86. The van der Waals surface area contributed by atoms with Gasteiger partial charge in [-0.15, -0.1) is 0 Å². The summed E-state index contributed by atoms with van der Waals surface area (Å²) in [5.74, 6) is -1.19. The van der Waals surface area contributed by atoms with E-state index in [0.717, 1.165) is 4.47 Å². The zero-order valence-electron chi connectivity index (χ0n) is 10.7. The third-order valence-electron chi connectivity index (χ3n) is 2.77. The van der Waals surface area contributed by atoms with E-state index in [1.807, 2.05) is 6.92 Å². The van der Waals surface area contributed by atoms with Crippen LogP contribution in [0.1, 0.15) is 30.6 Å². The summed E-state index contributed by atoms with van der Waals surface area (Å²) in [7, 11) is 0. The number of hydrogen-bond acceptors (Lipinski definition) is 2. The molecule has 1 N–H and O–H groups in total. The summed E-state index contributed by atoms with van der Waals surface area (Å²) in [5.41, 5.74) is 0.379. The van der Waals surface area contributed by atoms with E-state index in [0.29, 0.717) is 17.1 Å². The van der Waals surface area contributed by atoms with Crippen LogP contribution in [0.3, 0.4) is 0 Å². The van der Waals surface area contributed by atoms with Gasteiger partial charge in [0.15, 0.2) is 0 Å². The van der Waals surface area contributed by atoms with Crippen molar-refractivity contribution in [3.8, 4) is 0 Å². The Labute approximate surface area is 125 Å². The topological polar surface area (TPSA) is 57.6 Å². The van der Waals surface area contributed by atoms with Crippen molar-refractivity contribution in [2.75, 3.05) is 6.54 Å². The number of nitrogens with zero attached hydrogens (tertiary/aromatic N) is 1. The van der Waals surface area contributed by atoms with E-state index < -0.39 is 5.97 Å². The molecule has 1 aromatic rings. The average molecular weight is 349 g/mol. The molecule has 0 spiro atoms. The highest BCUT2D eigenvalue weighted by Gasteiger charge is 2.23. The number of carboxylic acid groups (broad SMARTS) is 1. The van der Waals surface area contributed by atoms with Crippen LogP contribution >= 0.6 is 27.5 Å². The molecule has 0 saturated heterocycles. The third kappa shape index (κ3) is 4.21. The first-order valence-corrected chi connectivity index (χ1v) is 7.01. The number of rotatable bonds is 5. The van der Waals surface area contributed by atoms with Crippen LogP contribution in [0, 0.1) is 0 Å². The molecule has 1 rings (SSSR count). The summed E-state index contributed by atoms with van der Waals surface area (Å²) in [4.78, 5) is 24.6. The molecule has 1 unspecified atom stereocenters. The second kappa shape index (κ2) is 6.91. The Morgan fingerprint density at radius 3 is 2.58 bits per heavy atom. The fourth-order valence-corrected chi connectivity index (χ4v) is 2.59. The highest BCUT2D eigenvalue weighted by molar-refractivity contribution is 9.10. The lowest BCUT2D eigenvalue weighted by Crippen LogP contribution is -2.39. The molecular formula is C13H15BrClNO3. The summed E-state index contributed by atoms with van der Waals surface area (Å²) in [6.07, 6.45) is -0.0896. The van der Waals surface area contributed by atoms with Gasteiger partial charge in [-0.25, -0.2) is 0 Å². The lowest BCUT2D eigenvalue weighted by Gasteiger charge is -2.27. The number of benzene rings is 1. The SMILES string of the molecule is CCN(C(=O)c1ccc(Br)cc1Cl)C(C)CC(=O)O. The van der Waals surface area contributed by atoms with E-state index >= 15 is 0 Å². The predicted octanol–water partition coefficient (Wildman–Crippen LogP) is 3.43. The highest BCUT2D eigenvalue weighted by atomic mass is 79.9. The number of carbonyl (C=O) groups is 2. The van der Waals surface area contributed by atoms with Crippen molar-refractivity contribution in [2.45, 2.75) is 26.3 Å². The Morgan fingerprint density at radius 2 is 2.11 bits per heavy atom. The Kier molecular flexibility index (Phi) is 5.82. The maximum atomic E-state index is 12.4. The summed E-state index contributed by atoms with van der Waals surface area (Å²) in [6, 6.07) is 4.62. The molecule has 0 saturated carbocycles. The van der Waals surface area contributed by atoms with E-state index in [4.69, 9.17) is 16.7 Å². The van der Waals surface area contributed by atoms with Gasteiger partial charge in [0, 0.05) is 17.1 Å². The van der Waals surface area contributed by atoms with Crippen LogP contribution in [0.15, 0.2) is 22.7 Å². The summed E-state index contributed by atoms with van der Waals surface area (Å²) < 4.78 is 0.788. The molecule has 1 aromatic carbocycles. The molecule has 4 nitrogen and oxygen atoms in total. The maximum Gasteiger partial charge on any atom is 0.305 e. The van der Waals surface area contributed by atoms with Crippen LogP contribution in [0.2, 0.25) is 5.02 Å². The van der Waals surface area contributed by atoms with Crippen molar-refractivity contribution in [2.24, 2.45) is 0 Å². The Bertz CT molecular complexity index is 493. The molecule has 104 valence electrons. The normalized spacial score (nSPS) is 12.0. The number of hydrogen-bond donors (Lipinski definition) is 1. The molecule has 0 aliphatic heterocycles. The zero-order valence-corrected chi connectivity index (χ0v) is 13.0. The zero-order chi connectivity index (χ0) is 14.6. The Balaban J connectivity index is 2.98. The molecule has 6 heteroatoms. The van der Waals surface area contributed by atoms with Gasteiger partial charge in [0.1, 0.15) is 0 Å². The molecule has 0 radical (unpaired) electrons. The van der Waals surface area contributed by atoms with Gasteiger partial charge in [-0.3, -0.25) is 9.59 Å². The minimum absolute atomic E-state index is 0.0896. The standard InChI is InChI=1S/C13H15BrClNO3/c1-3-16(8(2)6-12(17)18)13(19)10-5-4-9(14)7-11(10)15/h4-5,7-8H,3,6H2,1-2H3,(H,17,18). The average Bonchev–Trinajstić information content (AvgIpc) is 2.28.